The summed E-state index contributed by atoms with van der Waals surface area (Å²) >= 11 is 0. The van der Waals surface area contributed by atoms with Gasteiger partial charge in [0, 0.05) is 31.5 Å². The van der Waals surface area contributed by atoms with Crippen LogP contribution < -0.4 is 9.88 Å². The van der Waals surface area contributed by atoms with Gasteiger partial charge in [0.15, 0.2) is 12.4 Å². The Morgan fingerprint density at radius 1 is 1.20 bits per heavy atom. The minimum atomic E-state index is 0.163. The topological polar surface area (TPSA) is 33.0 Å². The van der Waals surface area contributed by atoms with Crippen molar-refractivity contribution in [2.45, 2.75) is 32.7 Å². The van der Waals surface area contributed by atoms with Crippen molar-refractivity contribution in [3.63, 3.8) is 0 Å². The molecular formula is C12H19N2O+. The van der Waals surface area contributed by atoms with Crippen LogP contribution in [0.4, 0.5) is 0 Å². The summed E-state index contributed by atoms with van der Waals surface area (Å²) in [5.41, 5.74) is 0. The molecular weight excluding hydrogens is 188 g/mol. The van der Waals surface area contributed by atoms with E-state index in [1.165, 1.54) is 0 Å². The molecule has 3 nitrogen and oxygen atoms in total. The van der Waals surface area contributed by atoms with Crippen LogP contribution in [0.25, 0.3) is 0 Å². The Morgan fingerprint density at radius 3 is 2.60 bits per heavy atom. The summed E-state index contributed by atoms with van der Waals surface area (Å²) in [4.78, 5) is 11.1. The molecule has 0 saturated carbocycles. The Hall–Kier alpha value is -1.38. The van der Waals surface area contributed by atoms with E-state index < -0.39 is 0 Å². The maximum Gasteiger partial charge on any atom is 0.219 e. The summed E-state index contributed by atoms with van der Waals surface area (Å²) in [5.74, 6) is 0.163. The average Bonchev–Trinajstić information content (AvgIpc) is 2.26. The predicted molar refractivity (Wildman–Crippen MR) is 59.2 cm³/mol. The lowest BCUT2D eigenvalue weighted by atomic mass is 10.2. The van der Waals surface area contributed by atoms with Crippen LogP contribution in [0, 0.1) is 0 Å². The van der Waals surface area contributed by atoms with Crippen LogP contribution in [0.5, 0.6) is 0 Å². The molecule has 0 aromatic carbocycles. The fourth-order valence-corrected chi connectivity index (χ4v) is 1.45. The van der Waals surface area contributed by atoms with Gasteiger partial charge in [-0.2, -0.15) is 0 Å². The highest BCUT2D eigenvalue weighted by molar-refractivity contribution is 5.75. The summed E-state index contributed by atoms with van der Waals surface area (Å²) in [6, 6.07) is 6.04. The molecule has 0 fully saturated rings. The summed E-state index contributed by atoms with van der Waals surface area (Å²) in [6.07, 6.45) is 6.74. The van der Waals surface area contributed by atoms with E-state index in [0.29, 0.717) is 6.42 Å². The molecule has 0 bridgehead atoms. The van der Waals surface area contributed by atoms with Gasteiger partial charge in [0.1, 0.15) is 6.54 Å². The number of unbranched alkanes of at least 4 members (excludes halogenated alkanes) is 1. The number of pyridine rings is 1. The molecule has 1 rings (SSSR count). The van der Waals surface area contributed by atoms with E-state index in [1.54, 1.807) is 0 Å². The molecule has 1 aromatic heterocycles. The summed E-state index contributed by atoms with van der Waals surface area (Å²) < 4.78 is 2.14. The Bertz CT molecular complexity index is 285. The van der Waals surface area contributed by atoms with Crippen LogP contribution in [-0.2, 0) is 11.3 Å². The number of hydrogen-bond acceptors (Lipinski definition) is 1. The van der Waals surface area contributed by atoms with Gasteiger partial charge in [-0.1, -0.05) is 6.07 Å². The molecule has 0 aliphatic carbocycles. The number of carbonyl (C=O) groups is 1. The number of nitrogens with zero attached hydrogens (tertiary/aromatic N) is 1. The lowest BCUT2D eigenvalue weighted by Crippen LogP contribution is -2.32. The Balaban J connectivity index is 2.10. The Labute approximate surface area is 91.1 Å². The lowest BCUT2D eigenvalue weighted by Gasteiger charge is -2.00. The second-order valence-corrected chi connectivity index (χ2v) is 3.52. The number of aromatic nitrogens is 1. The van der Waals surface area contributed by atoms with Crippen molar-refractivity contribution in [2.24, 2.45) is 0 Å². The monoisotopic (exact) mass is 207 g/mol. The van der Waals surface area contributed by atoms with E-state index in [1.807, 2.05) is 37.5 Å². The zero-order valence-corrected chi connectivity index (χ0v) is 9.28. The van der Waals surface area contributed by atoms with Crippen molar-refractivity contribution >= 4 is 5.91 Å². The average molecular weight is 207 g/mol. The number of amides is 1. The molecule has 0 aliphatic rings. The van der Waals surface area contributed by atoms with Crippen molar-refractivity contribution in [1.82, 2.24) is 5.32 Å². The smallest absolute Gasteiger partial charge is 0.219 e. The number of hydrogen-bond donors (Lipinski definition) is 1. The third-order valence-electron chi connectivity index (χ3n) is 2.22. The second-order valence-electron chi connectivity index (χ2n) is 3.52. The molecule has 1 aromatic rings. The number of carbonyl (C=O) groups excluding carboxylic acids is 1. The third kappa shape index (κ3) is 5.15. The molecule has 0 atom stereocenters. The largest absolute Gasteiger partial charge is 0.356 e. The van der Waals surface area contributed by atoms with Gasteiger partial charge in [-0.3, -0.25) is 4.79 Å². The molecule has 0 aliphatic heterocycles. The first-order valence-electron chi connectivity index (χ1n) is 5.53. The van der Waals surface area contributed by atoms with Crippen LogP contribution in [-0.4, -0.2) is 12.5 Å². The zero-order valence-electron chi connectivity index (χ0n) is 9.28. The molecule has 0 spiro atoms. The van der Waals surface area contributed by atoms with Gasteiger partial charge in [0.2, 0.25) is 5.91 Å². The molecule has 15 heavy (non-hydrogen) atoms. The van der Waals surface area contributed by atoms with Crippen LogP contribution in [0.15, 0.2) is 30.6 Å². The highest BCUT2D eigenvalue weighted by atomic mass is 16.1. The quantitative estimate of drug-likeness (QED) is 0.553. The molecule has 1 amide bonds. The van der Waals surface area contributed by atoms with Crippen molar-refractivity contribution in [2.75, 3.05) is 6.54 Å². The van der Waals surface area contributed by atoms with Crippen LogP contribution in [0.3, 0.4) is 0 Å². The van der Waals surface area contributed by atoms with Crippen LogP contribution >= 0.6 is 0 Å². The van der Waals surface area contributed by atoms with E-state index in [-0.39, 0.29) is 5.91 Å². The summed E-state index contributed by atoms with van der Waals surface area (Å²) in [6.45, 7) is 3.66. The zero-order chi connectivity index (χ0) is 10.9. The van der Waals surface area contributed by atoms with E-state index in [0.717, 1.165) is 25.9 Å². The van der Waals surface area contributed by atoms with Crippen molar-refractivity contribution in [3.8, 4) is 0 Å². The fraction of sp³-hybridized carbons (Fsp3) is 0.500. The minimum absolute atomic E-state index is 0.163. The standard InChI is InChI=1S/C12H18N2O/c1-2-13-12(15)8-4-7-11-14-9-5-3-6-10-14/h3,5-6,9-10H,2,4,7-8,11H2,1H3/p+1. The minimum Gasteiger partial charge on any atom is -0.356 e. The maximum atomic E-state index is 11.1. The van der Waals surface area contributed by atoms with E-state index in [2.05, 4.69) is 9.88 Å². The molecule has 0 saturated heterocycles. The number of aryl methyl sites for hydroxylation is 1. The van der Waals surface area contributed by atoms with Crippen LogP contribution in [0.2, 0.25) is 0 Å². The molecule has 3 heteroatoms. The third-order valence-corrected chi connectivity index (χ3v) is 2.22. The summed E-state index contributed by atoms with van der Waals surface area (Å²) in [5, 5.41) is 2.80. The second kappa shape index (κ2) is 6.98. The maximum absolute atomic E-state index is 11.1. The first-order chi connectivity index (χ1) is 7.33. The number of nitrogens with one attached hydrogen (secondary N) is 1. The van der Waals surface area contributed by atoms with Crippen molar-refractivity contribution in [1.29, 1.82) is 0 Å². The molecule has 1 N–H and O–H groups in total. The van der Waals surface area contributed by atoms with E-state index in [4.69, 9.17) is 0 Å². The predicted octanol–water partition coefficient (Wildman–Crippen LogP) is 1.28. The van der Waals surface area contributed by atoms with Gasteiger partial charge in [0.05, 0.1) is 0 Å². The van der Waals surface area contributed by atoms with Gasteiger partial charge in [-0.05, 0) is 13.3 Å². The van der Waals surface area contributed by atoms with Gasteiger partial charge in [0.25, 0.3) is 0 Å². The summed E-state index contributed by atoms with van der Waals surface area (Å²) in [7, 11) is 0. The first-order valence-corrected chi connectivity index (χ1v) is 5.53. The highest BCUT2D eigenvalue weighted by Gasteiger charge is 2.01. The first kappa shape index (κ1) is 11.7. The van der Waals surface area contributed by atoms with Gasteiger partial charge >= 0.3 is 0 Å². The van der Waals surface area contributed by atoms with Gasteiger partial charge in [-0.15, -0.1) is 0 Å². The lowest BCUT2D eigenvalue weighted by molar-refractivity contribution is -0.697. The fourth-order valence-electron chi connectivity index (χ4n) is 1.45. The van der Waals surface area contributed by atoms with Gasteiger partial charge in [-0.25, -0.2) is 4.57 Å². The SMILES string of the molecule is CCNC(=O)CCCC[n+]1ccccc1. The van der Waals surface area contributed by atoms with E-state index >= 15 is 0 Å². The van der Waals surface area contributed by atoms with Gasteiger partial charge < -0.3 is 5.32 Å². The Morgan fingerprint density at radius 2 is 1.93 bits per heavy atom. The number of rotatable bonds is 6. The highest BCUT2D eigenvalue weighted by Crippen LogP contribution is 1.95. The molecule has 0 unspecified atom stereocenters. The van der Waals surface area contributed by atoms with Crippen molar-refractivity contribution < 1.29 is 9.36 Å². The normalized spacial score (nSPS) is 9.93. The van der Waals surface area contributed by atoms with Crippen molar-refractivity contribution in [3.05, 3.63) is 30.6 Å². The van der Waals surface area contributed by atoms with Crippen LogP contribution in [0.1, 0.15) is 26.2 Å². The Kier molecular flexibility index (Phi) is 5.44. The molecule has 82 valence electrons. The molecule has 1 heterocycles. The molecule has 0 radical (unpaired) electrons. The van der Waals surface area contributed by atoms with E-state index in [9.17, 15) is 4.79 Å².